The van der Waals surface area contributed by atoms with Gasteiger partial charge in [-0.2, -0.15) is 0 Å². The van der Waals surface area contributed by atoms with Crippen LogP contribution in [0.25, 0.3) is 0 Å². The van der Waals surface area contributed by atoms with Gasteiger partial charge in [0.15, 0.2) is 0 Å². The minimum Gasteiger partial charge on any atom is -0.446 e. The molecule has 1 aromatic carbocycles. The molecule has 3 nitrogen and oxygen atoms in total. The van der Waals surface area contributed by atoms with E-state index in [0.29, 0.717) is 24.5 Å². The third-order valence-corrected chi connectivity index (χ3v) is 2.62. The van der Waals surface area contributed by atoms with Crippen molar-refractivity contribution in [3.05, 3.63) is 53.5 Å². The Bertz CT molecular complexity index is 531. The van der Waals surface area contributed by atoms with Gasteiger partial charge in [0.05, 0.1) is 12.6 Å². The van der Waals surface area contributed by atoms with Gasteiger partial charge in [0.2, 0.25) is 5.89 Å². The second-order valence-electron chi connectivity index (χ2n) is 4.21. The maximum atomic E-state index is 12.7. The molecule has 0 amide bonds. The lowest BCUT2D eigenvalue weighted by molar-refractivity contribution is -0.118. The molecule has 18 heavy (non-hydrogen) atoms. The zero-order chi connectivity index (χ0) is 13.0. The summed E-state index contributed by atoms with van der Waals surface area (Å²) in [6.07, 6.45) is 2.84. The average molecular weight is 247 g/mol. The first kappa shape index (κ1) is 12.5. The van der Waals surface area contributed by atoms with Crippen LogP contribution in [0.1, 0.15) is 23.6 Å². The Kier molecular flexibility index (Phi) is 3.87. The molecule has 1 aromatic heterocycles. The zero-order valence-electron chi connectivity index (χ0n) is 10.1. The second-order valence-corrected chi connectivity index (χ2v) is 4.21. The van der Waals surface area contributed by atoms with Crippen LogP contribution in [-0.4, -0.2) is 10.8 Å². The lowest BCUT2D eigenvalue weighted by Gasteiger charge is -2.00. The van der Waals surface area contributed by atoms with E-state index in [-0.39, 0.29) is 18.0 Å². The fourth-order valence-corrected chi connectivity index (χ4v) is 1.68. The van der Waals surface area contributed by atoms with Crippen LogP contribution in [0.4, 0.5) is 4.39 Å². The van der Waals surface area contributed by atoms with E-state index in [0.717, 1.165) is 5.56 Å². The molecular weight excluding hydrogens is 233 g/mol. The number of oxazole rings is 1. The summed E-state index contributed by atoms with van der Waals surface area (Å²) in [4.78, 5) is 15.7. The van der Waals surface area contributed by atoms with Gasteiger partial charge < -0.3 is 4.42 Å². The van der Waals surface area contributed by atoms with Crippen LogP contribution in [0, 0.1) is 12.7 Å². The van der Waals surface area contributed by atoms with E-state index in [1.807, 2.05) is 0 Å². The van der Waals surface area contributed by atoms with Gasteiger partial charge in [-0.15, -0.1) is 0 Å². The largest absolute Gasteiger partial charge is 0.446 e. The molecular formula is C14H14FNO2. The minimum absolute atomic E-state index is 0.0705. The molecule has 2 rings (SSSR count). The molecule has 0 saturated heterocycles. The monoisotopic (exact) mass is 247 g/mol. The van der Waals surface area contributed by atoms with Gasteiger partial charge in [-0.1, -0.05) is 12.1 Å². The number of Topliss-reactive ketones (excluding diaryl/α,β-unsaturated/α-hetero) is 1. The summed E-state index contributed by atoms with van der Waals surface area (Å²) in [5, 5.41) is 0. The van der Waals surface area contributed by atoms with Crippen molar-refractivity contribution in [2.75, 3.05) is 0 Å². The van der Waals surface area contributed by atoms with Crippen molar-refractivity contribution < 1.29 is 13.6 Å². The highest BCUT2D eigenvalue weighted by atomic mass is 19.1. The lowest BCUT2D eigenvalue weighted by Crippen LogP contribution is -2.04. The predicted molar refractivity (Wildman–Crippen MR) is 64.7 cm³/mol. The smallest absolute Gasteiger partial charge is 0.201 e. The van der Waals surface area contributed by atoms with Crippen molar-refractivity contribution in [2.24, 2.45) is 0 Å². The first-order valence-electron chi connectivity index (χ1n) is 5.81. The predicted octanol–water partition coefficient (Wildman–Crippen LogP) is 2.87. The fraction of sp³-hybridized carbons (Fsp3) is 0.286. The molecule has 0 aliphatic heterocycles. The van der Waals surface area contributed by atoms with Crippen LogP contribution in [-0.2, 0) is 17.6 Å². The number of carbonyl (C=O) groups is 1. The van der Waals surface area contributed by atoms with Crippen molar-refractivity contribution in [3.8, 4) is 0 Å². The van der Waals surface area contributed by atoms with Crippen LogP contribution in [0.15, 0.2) is 34.9 Å². The molecule has 0 aliphatic carbocycles. The number of hydrogen-bond acceptors (Lipinski definition) is 3. The van der Waals surface area contributed by atoms with Gasteiger partial charge in [-0.05, 0) is 31.0 Å². The van der Waals surface area contributed by atoms with Crippen LogP contribution in [0.3, 0.4) is 0 Å². The normalized spacial score (nSPS) is 10.6. The molecule has 0 bridgehead atoms. The summed E-state index contributed by atoms with van der Waals surface area (Å²) in [5.41, 5.74) is 0.952. The lowest BCUT2D eigenvalue weighted by atomic mass is 10.1. The summed E-state index contributed by atoms with van der Waals surface area (Å²) in [7, 11) is 0. The number of rotatable bonds is 5. The standard InChI is InChI=1S/C14H14FNO2/c1-10-9-16-14(18-10)8-13(17)7-4-11-2-5-12(15)6-3-11/h2-3,5-6,9H,4,7-8H2,1H3. The third kappa shape index (κ3) is 3.52. The molecule has 4 heteroatoms. The molecule has 0 saturated carbocycles. The topological polar surface area (TPSA) is 43.1 Å². The van der Waals surface area contributed by atoms with Crippen molar-refractivity contribution in [1.82, 2.24) is 4.98 Å². The molecule has 0 spiro atoms. The van der Waals surface area contributed by atoms with Crippen molar-refractivity contribution in [2.45, 2.75) is 26.2 Å². The SMILES string of the molecule is Cc1cnc(CC(=O)CCc2ccc(F)cc2)o1. The van der Waals surface area contributed by atoms with Crippen molar-refractivity contribution >= 4 is 5.78 Å². The number of aryl methyl sites for hydroxylation is 2. The molecule has 0 aliphatic rings. The van der Waals surface area contributed by atoms with E-state index in [9.17, 15) is 9.18 Å². The highest BCUT2D eigenvalue weighted by Crippen LogP contribution is 2.08. The number of ketones is 1. The molecule has 2 aromatic rings. The summed E-state index contributed by atoms with van der Waals surface area (Å²) in [6, 6.07) is 6.18. The first-order chi connectivity index (χ1) is 8.63. The van der Waals surface area contributed by atoms with E-state index in [4.69, 9.17) is 4.42 Å². The number of aromatic nitrogens is 1. The van der Waals surface area contributed by atoms with Crippen molar-refractivity contribution in [1.29, 1.82) is 0 Å². The number of nitrogens with zero attached hydrogens (tertiary/aromatic N) is 1. The van der Waals surface area contributed by atoms with Crippen LogP contribution >= 0.6 is 0 Å². The first-order valence-corrected chi connectivity index (χ1v) is 5.81. The van der Waals surface area contributed by atoms with Gasteiger partial charge in [0.1, 0.15) is 17.4 Å². The molecule has 0 N–H and O–H groups in total. The minimum atomic E-state index is -0.264. The Morgan fingerprint density at radius 2 is 2.06 bits per heavy atom. The van der Waals surface area contributed by atoms with Crippen molar-refractivity contribution in [3.63, 3.8) is 0 Å². The number of benzene rings is 1. The van der Waals surface area contributed by atoms with Crippen LogP contribution < -0.4 is 0 Å². The van der Waals surface area contributed by atoms with Crippen LogP contribution in [0.2, 0.25) is 0 Å². The van der Waals surface area contributed by atoms with E-state index < -0.39 is 0 Å². The van der Waals surface area contributed by atoms with Gasteiger partial charge in [0.25, 0.3) is 0 Å². The van der Waals surface area contributed by atoms with E-state index in [2.05, 4.69) is 4.98 Å². The van der Waals surface area contributed by atoms with Gasteiger partial charge in [0, 0.05) is 6.42 Å². The molecule has 0 unspecified atom stereocenters. The zero-order valence-corrected chi connectivity index (χ0v) is 10.1. The van der Waals surface area contributed by atoms with E-state index in [1.165, 1.54) is 12.1 Å². The van der Waals surface area contributed by atoms with Crippen LogP contribution in [0.5, 0.6) is 0 Å². The quantitative estimate of drug-likeness (QED) is 0.816. The Morgan fingerprint density at radius 3 is 2.67 bits per heavy atom. The summed E-state index contributed by atoms with van der Waals surface area (Å²) in [6.45, 7) is 1.79. The molecule has 0 atom stereocenters. The third-order valence-electron chi connectivity index (χ3n) is 2.62. The fourth-order valence-electron chi connectivity index (χ4n) is 1.68. The summed E-state index contributed by atoms with van der Waals surface area (Å²) in [5.74, 6) is 0.967. The van der Waals surface area contributed by atoms with Gasteiger partial charge in [-0.3, -0.25) is 4.79 Å². The number of hydrogen-bond donors (Lipinski definition) is 0. The average Bonchev–Trinajstić information content (AvgIpc) is 2.74. The summed E-state index contributed by atoms with van der Waals surface area (Å²) < 4.78 is 17.9. The second kappa shape index (κ2) is 5.58. The summed E-state index contributed by atoms with van der Waals surface area (Å²) >= 11 is 0. The van der Waals surface area contributed by atoms with Gasteiger partial charge >= 0.3 is 0 Å². The highest BCUT2D eigenvalue weighted by Gasteiger charge is 2.08. The van der Waals surface area contributed by atoms with E-state index >= 15 is 0 Å². The highest BCUT2D eigenvalue weighted by molar-refractivity contribution is 5.80. The Balaban J connectivity index is 1.83. The van der Waals surface area contributed by atoms with Gasteiger partial charge in [-0.25, -0.2) is 9.37 Å². The molecule has 0 radical (unpaired) electrons. The Labute approximate surface area is 105 Å². The maximum absolute atomic E-state index is 12.7. The molecule has 1 heterocycles. The number of halogens is 1. The number of carbonyl (C=O) groups excluding carboxylic acids is 1. The Morgan fingerprint density at radius 1 is 1.33 bits per heavy atom. The maximum Gasteiger partial charge on any atom is 0.201 e. The molecule has 94 valence electrons. The molecule has 0 fully saturated rings. The van der Waals surface area contributed by atoms with E-state index in [1.54, 1.807) is 25.3 Å². The Hall–Kier alpha value is -1.97.